The molecule has 10 heteroatoms. The first-order valence-corrected chi connectivity index (χ1v) is 11.8. The molecule has 0 unspecified atom stereocenters. The summed E-state index contributed by atoms with van der Waals surface area (Å²) in [6, 6.07) is 8.95. The number of hydrogen-bond donors (Lipinski definition) is 1. The molecule has 0 bridgehead atoms. The van der Waals surface area contributed by atoms with Crippen molar-refractivity contribution in [1.82, 2.24) is 0 Å². The minimum absolute atomic E-state index is 0.155. The first kappa shape index (κ1) is 24.7. The van der Waals surface area contributed by atoms with Crippen LogP contribution in [0.1, 0.15) is 26.3 Å². The number of hydrogen-bond acceptors (Lipinski definition) is 1. The highest BCUT2D eigenvalue weighted by molar-refractivity contribution is 6.70. The SMILES string of the molecule is Bc1c(B)c(B)c(-c2c(B)c(B)c(B)c(B)c2Nc2ccc(C(C)(C)C)cc2)c(B)c1B. The Morgan fingerprint density at radius 1 is 0.500 bits per heavy atom. The molecule has 0 heterocycles. The summed E-state index contributed by atoms with van der Waals surface area (Å²) in [7, 11) is 20.4. The van der Waals surface area contributed by atoms with Gasteiger partial charge in [0.25, 0.3) is 0 Å². The van der Waals surface area contributed by atoms with E-state index in [1.54, 1.807) is 0 Å². The molecule has 3 aromatic carbocycles. The molecule has 152 valence electrons. The molecule has 0 saturated carbocycles. The molecular formula is C22H32B9N. The molecule has 32 heavy (non-hydrogen) atoms. The van der Waals surface area contributed by atoms with Gasteiger partial charge in [0.2, 0.25) is 0 Å². The minimum Gasteiger partial charge on any atom is -0.356 e. The van der Waals surface area contributed by atoms with E-state index in [2.05, 4.69) is 121 Å². The van der Waals surface area contributed by atoms with Crippen molar-refractivity contribution in [3.05, 3.63) is 29.8 Å². The summed E-state index contributed by atoms with van der Waals surface area (Å²) in [4.78, 5) is 0. The summed E-state index contributed by atoms with van der Waals surface area (Å²) in [6.07, 6.45) is 0. The van der Waals surface area contributed by atoms with Crippen molar-refractivity contribution in [2.24, 2.45) is 0 Å². The quantitative estimate of drug-likeness (QED) is 0.425. The normalized spacial score (nSPS) is 11.5. The zero-order valence-corrected chi connectivity index (χ0v) is 22.3. The van der Waals surface area contributed by atoms with E-state index in [0.29, 0.717) is 0 Å². The molecule has 0 saturated heterocycles. The zero-order valence-electron chi connectivity index (χ0n) is 22.3. The third-order valence-electron chi connectivity index (χ3n) is 7.96. The molecule has 1 N–H and O–H groups in total. The van der Waals surface area contributed by atoms with Crippen LogP contribution in [0.15, 0.2) is 24.3 Å². The van der Waals surface area contributed by atoms with Crippen LogP contribution in [-0.2, 0) is 5.41 Å². The Morgan fingerprint density at radius 3 is 1.31 bits per heavy atom. The van der Waals surface area contributed by atoms with Crippen molar-refractivity contribution < 1.29 is 0 Å². The van der Waals surface area contributed by atoms with Gasteiger partial charge in [0, 0.05) is 11.4 Å². The van der Waals surface area contributed by atoms with E-state index in [0.717, 1.165) is 5.69 Å². The molecule has 0 aliphatic rings. The second-order valence-corrected chi connectivity index (χ2v) is 10.7. The summed E-state index contributed by atoms with van der Waals surface area (Å²) in [5.74, 6) is 0. The Balaban J connectivity index is 2.30. The fourth-order valence-electron chi connectivity index (χ4n) is 4.85. The molecule has 0 aliphatic heterocycles. The van der Waals surface area contributed by atoms with Gasteiger partial charge in [-0.2, -0.15) is 0 Å². The molecular weight excluding hydrogens is 376 g/mol. The van der Waals surface area contributed by atoms with Crippen molar-refractivity contribution in [3.8, 4) is 11.1 Å². The van der Waals surface area contributed by atoms with Crippen molar-refractivity contribution in [1.29, 1.82) is 0 Å². The predicted octanol–water partition coefficient (Wildman–Crippen LogP) is -9.28. The first-order chi connectivity index (χ1) is 14.8. The van der Waals surface area contributed by atoms with Gasteiger partial charge < -0.3 is 5.32 Å². The second-order valence-electron chi connectivity index (χ2n) is 10.7. The van der Waals surface area contributed by atoms with E-state index in [4.69, 9.17) is 0 Å². The van der Waals surface area contributed by atoms with Crippen molar-refractivity contribution in [2.75, 3.05) is 5.32 Å². The van der Waals surface area contributed by atoms with Crippen LogP contribution in [0, 0.1) is 0 Å². The maximum atomic E-state index is 3.83. The first-order valence-electron chi connectivity index (χ1n) is 11.8. The summed E-state index contributed by atoms with van der Waals surface area (Å²) in [6.45, 7) is 6.79. The van der Waals surface area contributed by atoms with Gasteiger partial charge in [0.15, 0.2) is 0 Å². The maximum Gasteiger partial charge on any atom is 0.141 e. The number of benzene rings is 3. The number of anilines is 2. The molecule has 1 nitrogen and oxygen atoms in total. The topological polar surface area (TPSA) is 12.0 Å². The maximum absolute atomic E-state index is 3.83. The Hall–Kier alpha value is -1.96. The third kappa shape index (κ3) is 4.18. The fraction of sp³-hybridized carbons (Fsp3) is 0.182. The van der Waals surface area contributed by atoms with Crippen LogP contribution >= 0.6 is 0 Å². The highest BCUT2D eigenvalue weighted by Crippen LogP contribution is 2.27. The molecule has 0 fully saturated rings. The fourth-order valence-corrected chi connectivity index (χ4v) is 4.85. The molecule has 0 radical (unpaired) electrons. The smallest absolute Gasteiger partial charge is 0.141 e. The van der Waals surface area contributed by atoms with Gasteiger partial charge >= 0.3 is 0 Å². The van der Waals surface area contributed by atoms with E-state index in [1.807, 2.05) is 0 Å². The average molecular weight is 408 g/mol. The summed E-state index contributed by atoms with van der Waals surface area (Å²) in [5, 5.41) is 3.83. The standard InChI is InChI=1S/C22H32B9N/c1-22(2,3)8-4-6-9(7-5-8)32-21-11(14(25)17(28)19(30)20(21)31)10-12(23)15(26)18(29)16(27)13(10)24/h4-7,32H,23-31H2,1-3H3. The summed E-state index contributed by atoms with van der Waals surface area (Å²) >= 11 is 0. The highest BCUT2D eigenvalue weighted by Gasteiger charge is 2.21. The van der Waals surface area contributed by atoms with Gasteiger partial charge in [-0.15, -0.1) is 21.9 Å². The monoisotopic (exact) mass is 409 g/mol. The molecule has 0 aliphatic carbocycles. The van der Waals surface area contributed by atoms with Crippen LogP contribution in [0.3, 0.4) is 0 Å². The minimum atomic E-state index is 0.155. The lowest BCUT2D eigenvalue weighted by molar-refractivity contribution is 0.590. The Kier molecular flexibility index (Phi) is 6.76. The Morgan fingerprint density at radius 2 is 0.875 bits per heavy atom. The van der Waals surface area contributed by atoms with E-state index < -0.39 is 0 Å². The molecule has 3 rings (SSSR count). The van der Waals surface area contributed by atoms with Gasteiger partial charge in [-0.05, 0) is 34.2 Å². The molecule has 0 spiro atoms. The highest BCUT2D eigenvalue weighted by atomic mass is 14.9. The van der Waals surface area contributed by atoms with Gasteiger partial charge in [-0.3, -0.25) is 0 Å². The zero-order chi connectivity index (χ0) is 24.1. The van der Waals surface area contributed by atoms with Crippen LogP contribution < -0.4 is 54.5 Å². The Bertz CT molecular complexity index is 1180. The van der Waals surface area contributed by atoms with Crippen LogP contribution in [0.2, 0.25) is 0 Å². The summed E-state index contributed by atoms with van der Waals surface area (Å²) in [5.41, 5.74) is 19.1. The van der Waals surface area contributed by atoms with Crippen LogP contribution in [0.4, 0.5) is 11.4 Å². The largest absolute Gasteiger partial charge is 0.356 e. The lowest BCUT2D eigenvalue weighted by Crippen LogP contribution is -2.56. The van der Waals surface area contributed by atoms with E-state index in [1.165, 1.54) is 71.5 Å². The van der Waals surface area contributed by atoms with Gasteiger partial charge in [-0.25, -0.2) is 0 Å². The third-order valence-corrected chi connectivity index (χ3v) is 7.96. The van der Waals surface area contributed by atoms with Crippen molar-refractivity contribution in [2.45, 2.75) is 26.2 Å². The predicted molar refractivity (Wildman–Crippen MR) is 174 cm³/mol. The number of rotatable bonds is 3. The molecule has 0 atom stereocenters. The summed E-state index contributed by atoms with van der Waals surface area (Å²) < 4.78 is 0. The van der Waals surface area contributed by atoms with Crippen molar-refractivity contribution >= 4 is 131 Å². The second kappa shape index (κ2) is 8.77. The number of nitrogens with one attached hydrogen (secondary N) is 1. The van der Waals surface area contributed by atoms with E-state index in [9.17, 15) is 0 Å². The van der Waals surface area contributed by atoms with Crippen LogP contribution in [0.5, 0.6) is 0 Å². The van der Waals surface area contributed by atoms with Crippen molar-refractivity contribution in [3.63, 3.8) is 0 Å². The molecule has 3 aromatic rings. The van der Waals surface area contributed by atoms with Crippen LogP contribution in [-0.4, -0.2) is 70.6 Å². The van der Waals surface area contributed by atoms with E-state index in [-0.39, 0.29) is 5.41 Å². The molecule has 0 amide bonds. The van der Waals surface area contributed by atoms with E-state index >= 15 is 0 Å². The lowest BCUT2D eigenvalue weighted by Gasteiger charge is -2.28. The van der Waals surface area contributed by atoms with Gasteiger partial charge in [0.1, 0.15) is 70.6 Å². The Labute approximate surface area is 203 Å². The van der Waals surface area contributed by atoms with Gasteiger partial charge in [-0.1, -0.05) is 60.2 Å². The molecule has 0 aromatic heterocycles. The average Bonchev–Trinajstić information content (AvgIpc) is 2.75. The van der Waals surface area contributed by atoms with Gasteiger partial charge in [0.05, 0.1) is 0 Å². The lowest BCUT2D eigenvalue weighted by atomic mass is 9.57. The van der Waals surface area contributed by atoms with Crippen LogP contribution in [0.25, 0.3) is 11.1 Å².